The third-order valence-electron chi connectivity index (χ3n) is 7.18. The Labute approximate surface area is 278 Å². The highest BCUT2D eigenvalue weighted by atomic mass is 35.5. The number of rotatable bonds is 11. The number of ether oxygens (including phenoxy) is 2. The first-order valence-corrected chi connectivity index (χ1v) is 16.4. The molecular formula is C32H42ClN7O5S. The fraction of sp³-hybridized carbons (Fsp3) is 0.500. The molecule has 0 aliphatic carbocycles. The summed E-state index contributed by atoms with van der Waals surface area (Å²) in [6.07, 6.45) is 1.51. The van der Waals surface area contributed by atoms with Crippen molar-refractivity contribution < 1.29 is 23.9 Å². The van der Waals surface area contributed by atoms with E-state index in [1.807, 2.05) is 45.9 Å². The zero-order valence-electron chi connectivity index (χ0n) is 27.3. The number of amides is 1. The zero-order chi connectivity index (χ0) is 33.6. The van der Waals surface area contributed by atoms with E-state index in [-0.39, 0.29) is 18.4 Å². The van der Waals surface area contributed by atoms with E-state index in [2.05, 4.69) is 35.4 Å². The molecule has 12 nitrogen and oxygen atoms in total. The molecule has 0 spiro atoms. The highest BCUT2D eigenvalue weighted by Gasteiger charge is 2.35. The smallest absolute Gasteiger partial charge is 0.321 e. The topological polar surface area (TPSA) is 139 Å². The quantitative estimate of drug-likeness (QED) is 0.198. The van der Waals surface area contributed by atoms with Crippen molar-refractivity contribution >= 4 is 63.2 Å². The van der Waals surface area contributed by atoms with Crippen molar-refractivity contribution in [2.75, 3.05) is 54.9 Å². The lowest BCUT2D eigenvalue weighted by atomic mass is 9.96. The number of carbonyl (C=O) groups excluding carboxylic acids is 3. The van der Waals surface area contributed by atoms with Crippen LogP contribution >= 0.6 is 22.9 Å². The summed E-state index contributed by atoms with van der Waals surface area (Å²) in [5, 5.41) is 7.07. The molecular weight excluding hydrogens is 630 g/mol. The van der Waals surface area contributed by atoms with E-state index in [1.165, 1.54) is 17.5 Å². The molecule has 0 radical (unpaired) electrons. The Morgan fingerprint density at radius 2 is 1.78 bits per heavy atom. The normalized spacial score (nSPS) is 14.6. The van der Waals surface area contributed by atoms with Gasteiger partial charge >= 0.3 is 11.9 Å². The van der Waals surface area contributed by atoms with Crippen LogP contribution < -0.4 is 15.5 Å². The number of hydrogen-bond donors (Lipinski definition) is 2. The van der Waals surface area contributed by atoms with Crippen LogP contribution in [-0.4, -0.2) is 82.6 Å². The molecule has 1 aliphatic rings. The summed E-state index contributed by atoms with van der Waals surface area (Å²) < 4.78 is 10.9. The lowest BCUT2D eigenvalue weighted by molar-refractivity contribution is -0.171. The second-order valence-corrected chi connectivity index (χ2v) is 13.9. The third kappa shape index (κ3) is 9.60. The molecule has 248 valence electrons. The molecule has 4 rings (SSSR count). The van der Waals surface area contributed by atoms with Gasteiger partial charge in [0.25, 0.3) is 5.91 Å². The number of halogens is 1. The van der Waals surface area contributed by atoms with Crippen LogP contribution in [0.2, 0.25) is 5.02 Å². The number of nitrogens with zero attached hydrogens (tertiary/aromatic N) is 5. The number of anilines is 4. The Morgan fingerprint density at radius 3 is 2.43 bits per heavy atom. The number of carbonyl (C=O) groups is 3. The molecule has 14 heteroatoms. The predicted octanol–water partition coefficient (Wildman–Crippen LogP) is 5.48. The van der Waals surface area contributed by atoms with Crippen molar-refractivity contribution in [2.45, 2.75) is 54.1 Å². The number of aryl methyl sites for hydroxylation is 2. The summed E-state index contributed by atoms with van der Waals surface area (Å²) in [6.45, 7) is 16.3. The van der Waals surface area contributed by atoms with E-state index in [4.69, 9.17) is 21.1 Å². The molecule has 46 heavy (non-hydrogen) atoms. The lowest BCUT2D eigenvalue weighted by Crippen LogP contribution is -2.48. The van der Waals surface area contributed by atoms with Gasteiger partial charge < -0.3 is 25.0 Å². The summed E-state index contributed by atoms with van der Waals surface area (Å²) >= 11 is 7.47. The van der Waals surface area contributed by atoms with Crippen molar-refractivity contribution in [1.82, 2.24) is 19.9 Å². The van der Waals surface area contributed by atoms with Crippen LogP contribution in [-0.2, 0) is 19.1 Å². The Balaban J connectivity index is 1.28. The Bertz CT molecular complexity index is 1530. The lowest BCUT2D eigenvalue weighted by Gasteiger charge is -2.35. The van der Waals surface area contributed by atoms with E-state index in [1.54, 1.807) is 26.8 Å². The van der Waals surface area contributed by atoms with Gasteiger partial charge in [-0.25, -0.2) is 15.0 Å². The number of aromatic nitrogens is 3. The highest BCUT2D eigenvalue weighted by molar-refractivity contribution is 7.17. The summed E-state index contributed by atoms with van der Waals surface area (Å²) in [7, 11) is 0. The molecule has 1 unspecified atom stereocenters. The summed E-state index contributed by atoms with van der Waals surface area (Å²) in [5.74, 6) is -0.637. The van der Waals surface area contributed by atoms with Crippen molar-refractivity contribution in [2.24, 2.45) is 11.8 Å². The molecule has 1 aromatic carbocycles. The van der Waals surface area contributed by atoms with Crippen LogP contribution in [0.15, 0.2) is 30.5 Å². The average Bonchev–Trinajstić information content (AvgIpc) is 3.42. The summed E-state index contributed by atoms with van der Waals surface area (Å²) in [4.78, 5) is 56.4. The van der Waals surface area contributed by atoms with Crippen LogP contribution in [0.25, 0.3) is 0 Å². The SMILES string of the molecule is Cc1nc(Nc2ncc(C(=O)Nc3c(C)cccc3Cl)s2)cc(N2CCN(CCOC(=O)C(C(=O)OC(C)(C)C)C(C)C)CC2)n1. The van der Waals surface area contributed by atoms with Crippen molar-refractivity contribution in [3.63, 3.8) is 0 Å². The molecule has 2 aromatic heterocycles. The van der Waals surface area contributed by atoms with Gasteiger partial charge in [-0.2, -0.15) is 0 Å². The van der Waals surface area contributed by atoms with Crippen LogP contribution in [0.3, 0.4) is 0 Å². The van der Waals surface area contributed by atoms with E-state index < -0.39 is 23.5 Å². The fourth-order valence-corrected chi connectivity index (χ4v) is 5.85. The maximum absolute atomic E-state index is 12.8. The zero-order valence-corrected chi connectivity index (χ0v) is 28.9. The van der Waals surface area contributed by atoms with Crippen molar-refractivity contribution in [1.29, 1.82) is 0 Å². The molecule has 3 aromatic rings. The van der Waals surface area contributed by atoms with Crippen LogP contribution in [0.4, 0.5) is 22.5 Å². The van der Waals surface area contributed by atoms with Gasteiger partial charge in [0.15, 0.2) is 11.0 Å². The van der Waals surface area contributed by atoms with Gasteiger partial charge in [0.1, 0.15) is 34.5 Å². The fourth-order valence-electron chi connectivity index (χ4n) is 4.86. The summed E-state index contributed by atoms with van der Waals surface area (Å²) in [6, 6.07) is 7.31. The van der Waals surface area contributed by atoms with Crippen LogP contribution in [0, 0.1) is 25.7 Å². The molecule has 2 N–H and O–H groups in total. The van der Waals surface area contributed by atoms with E-state index in [9.17, 15) is 14.4 Å². The first kappa shape index (κ1) is 35.1. The highest BCUT2D eigenvalue weighted by Crippen LogP contribution is 2.28. The molecule has 1 saturated heterocycles. The van der Waals surface area contributed by atoms with Gasteiger partial charge in [0.05, 0.1) is 16.9 Å². The minimum atomic E-state index is -0.953. The molecule has 0 bridgehead atoms. The number of para-hydroxylation sites is 1. The van der Waals surface area contributed by atoms with E-state index in [0.29, 0.717) is 38.9 Å². The second kappa shape index (κ2) is 15.2. The molecule has 0 saturated carbocycles. The number of nitrogens with one attached hydrogen (secondary N) is 2. The second-order valence-electron chi connectivity index (χ2n) is 12.5. The average molecular weight is 672 g/mol. The van der Waals surface area contributed by atoms with Gasteiger partial charge in [-0.15, -0.1) is 0 Å². The van der Waals surface area contributed by atoms with Gasteiger partial charge in [-0.05, 0) is 52.2 Å². The number of esters is 2. The van der Waals surface area contributed by atoms with Gasteiger partial charge in [-0.1, -0.05) is 48.9 Å². The standard InChI is InChI=1S/C32H42ClN7O5S/c1-19(2)26(30(43)45-32(5,6)7)29(42)44-16-15-39-11-13-40(14-12-39)25-17-24(35-21(4)36-25)37-31-34-18-23(46-31)28(41)38-27-20(3)9-8-10-22(27)33/h8-10,17-19,26H,11-16H2,1-7H3,(H,38,41)(H,34,35,36,37). The van der Waals surface area contributed by atoms with Crippen LogP contribution in [0.5, 0.6) is 0 Å². The van der Waals surface area contributed by atoms with E-state index >= 15 is 0 Å². The summed E-state index contributed by atoms with van der Waals surface area (Å²) in [5.41, 5.74) is 0.767. The van der Waals surface area contributed by atoms with Crippen LogP contribution in [0.1, 0.15) is 55.7 Å². The number of benzene rings is 1. The predicted molar refractivity (Wildman–Crippen MR) is 180 cm³/mol. The van der Waals surface area contributed by atoms with Gasteiger partial charge in [0, 0.05) is 38.8 Å². The maximum atomic E-state index is 12.8. The third-order valence-corrected chi connectivity index (χ3v) is 8.41. The monoisotopic (exact) mass is 671 g/mol. The van der Waals surface area contributed by atoms with E-state index in [0.717, 1.165) is 37.6 Å². The van der Waals surface area contributed by atoms with Crippen molar-refractivity contribution in [3.8, 4) is 0 Å². The number of thiazole rings is 1. The number of hydrogen-bond acceptors (Lipinski definition) is 12. The molecule has 1 atom stereocenters. The molecule has 1 amide bonds. The first-order valence-electron chi connectivity index (χ1n) is 15.2. The first-order chi connectivity index (χ1) is 21.7. The number of piperazine rings is 1. The largest absolute Gasteiger partial charge is 0.464 e. The van der Waals surface area contributed by atoms with Crippen molar-refractivity contribution in [3.05, 3.63) is 51.7 Å². The Morgan fingerprint density at radius 1 is 1.07 bits per heavy atom. The molecule has 1 aliphatic heterocycles. The molecule has 1 fully saturated rings. The Kier molecular flexibility index (Phi) is 11.6. The minimum Gasteiger partial charge on any atom is -0.464 e. The molecule has 3 heterocycles. The van der Waals surface area contributed by atoms with Gasteiger partial charge in [0.2, 0.25) is 0 Å². The maximum Gasteiger partial charge on any atom is 0.321 e. The minimum absolute atomic E-state index is 0.192. The van der Waals surface area contributed by atoms with Gasteiger partial charge in [-0.3, -0.25) is 19.3 Å². The Hall–Kier alpha value is -3.81.